The number of nitro groups is 1. The Morgan fingerprint density at radius 1 is 1.47 bits per heavy atom. The van der Waals surface area contributed by atoms with Gasteiger partial charge in [0.1, 0.15) is 5.56 Å². The normalized spacial score (nSPS) is 9.79. The molecule has 19 heavy (non-hydrogen) atoms. The van der Waals surface area contributed by atoms with E-state index in [2.05, 4.69) is 10.6 Å². The van der Waals surface area contributed by atoms with Crippen molar-refractivity contribution in [3.05, 3.63) is 33.6 Å². The molecule has 0 bridgehead atoms. The van der Waals surface area contributed by atoms with Crippen LogP contribution < -0.4 is 16.4 Å². The molecule has 9 heteroatoms. The number of amides is 2. The number of nitrogens with two attached hydrogens (primary N) is 1. The van der Waals surface area contributed by atoms with Crippen LogP contribution in [0.2, 0.25) is 0 Å². The average molecular weight is 270 g/mol. The van der Waals surface area contributed by atoms with Gasteiger partial charge in [-0.2, -0.15) is 0 Å². The van der Waals surface area contributed by atoms with Gasteiger partial charge in [0, 0.05) is 7.05 Å². The van der Waals surface area contributed by atoms with Crippen molar-refractivity contribution >= 4 is 23.2 Å². The van der Waals surface area contributed by atoms with E-state index in [4.69, 9.17) is 5.73 Å². The van der Waals surface area contributed by atoms with E-state index in [1.807, 2.05) is 0 Å². The molecule has 0 aliphatic carbocycles. The predicted octanol–water partition coefficient (Wildman–Crippen LogP) is -0.00930. The highest BCUT2D eigenvalue weighted by atomic mass is 19.1. The lowest BCUT2D eigenvalue weighted by Gasteiger charge is -2.07. The molecule has 0 aliphatic heterocycles. The van der Waals surface area contributed by atoms with E-state index in [0.29, 0.717) is 6.07 Å². The minimum absolute atomic E-state index is 0.0742. The van der Waals surface area contributed by atoms with Gasteiger partial charge in [-0.05, 0) is 6.07 Å². The minimum Gasteiger partial charge on any atom is -0.386 e. The summed E-state index contributed by atoms with van der Waals surface area (Å²) in [7, 11) is 1.40. The van der Waals surface area contributed by atoms with Crippen molar-refractivity contribution in [3.63, 3.8) is 0 Å². The average Bonchev–Trinajstić information content (AvgIpc) is 2.35. The van der Waals surface area contributed by atoms with E-state index >= 15 is 0 Å². The number of primary amides is 1. The Morgan fingerprint density at radius 3 is 2.58 bits per heavy atom. The van der Waals surface area contributed by atoms with Crippen molar-refractivity contribution in [2.24, 2.45) is 5.73 Å². The quantitative estimate of drug-likeness (QED) is 0.512. The fourth-order valence-electron chi connectivity index (χ4n) is 1.35. The third kappa shape index (κ3) is 3.37. The summed E-state index contributed by atoms with van der Waals surface area (Å²) in [4.78, 5) is 32.1. The molecule has 0 saturated heterocycles. The summed E-state index contributed by atoms with van der Waals surface area (Å²) in [6.45, 7) is -0.470. The Labute approximate surface area is 106 Å². The number of carbonyl (C=O) groups excluding carboxylic acids is 2. The number of anilines is 1. The Balaban J connectivity index is 3.19. The highest BCUT2D eigenvalue weighted by Gasteiger charge is 2.23. The molecule has 0 radical (unpaired) electrons. The van der Waals surface area contributed by atoms with Gasteiger partial charge in [0.25, 0.3) is 11.6 Å². The van der Waals surface area contributed by atoms with Crippen molar-refractivity contribution in [1.82, 2.24) is 5.32 Å². The zero-order chi connectivity index (χ0) is 14.6. The van der Waals surface area contributed by atoms with Gasteiger partial charge < -0.3 is 16.4 Å². The molecule has 0 aromatic heterocycles. The fourth-order valence-corrected chi connectivity index (χ4v) is 1.35. The molecule has 0 saturated carbocycles. The number of nitrogens with one attached hydrogen (secondary N) is 2. The van der Waals surface area contributed by atoms with Crippen LogP contribution in [0.25, 0.3) is 0 Å². The largest absolute Gasteiger partial charge is 0.386 e. The number of halogens is 1. The third-order valence-electron chi connectivity index (χ3n) is 2.22. The molecule has 0 aliphatic rings. The van der Waals surface area contributed by atoms with E-state index in [0.717, 1.165) is 6.07 Å². The number of benzene rings is 1. The van der Waals surface area contributed by atoms with Crippen LogP contribution in [0.3, 0.4) is 0 Å². The molecule has 1 aromatic rings. The van der Waals surface area contributed by atoms with Crippen molar-refractivity contribution in [3.8, 4) is 0 Å². The van der Waals surface area contributed by atoms with E-state index in [1.54, 1.807) is 0 Å². The summed E-state index contributed by atoms with van der Waals surface area (Å²) in [5, 5.41) is 15.3. The summed E-state index contributed by atoms with van der Waals surface area (Å²) in [6.07, 6.45) is 0. The smallest absolute Gasteiger partial charge is 0.285 e. The minimum atomic E-state index is -0.887. The van der Waals surface area contributed by atoms with E-state index in [9.17, 15) is 24.1 Å². The highest BCUT2D eigenvalue weighted by molar-refractivity contribution is 6.00. The first kappa shape index (κ1) is 14.4. The summed E-state index contributed by atoms with van der Waals surface area (Å²) in [5.74, 6) is -2.55. The molecule has 0 heterocycles. The Morgan fingerprint density at radius 2 is 2.11 bits per heavy atom. The fraction of sp³-hybridized carbons (Fsp3) is 0.200. The van der Waals surface area contributed by atoms with Crippen LogP contribution in [0.15, 0.2) is 12.1 Å². The van der Waals surface area contributed by atoms with Gasteiger partial charge in [-0.3, -0.25) is 19.7 Å². The summed E-state index contributed by atoms with van der Waals surface area (Å²) >= 11 is 0. The first-order chi connectivity index (χ1) is 8.86. The van der Waals surface area contributed by atoms with Crippen LogP contribution in [-0.2, 0) is 4.79 Å². The Bertz CT molecular complexity index is 547. The number of hydrogen-bond donors (Lipinski definition) is 3. The van der Waals surface area contributed by atoms with Crippen LogP contribution in [0, 0.1) is 15.9 Å². The van der Waals surface area contributed by atoms with Crippen LogP contribution in [0.5, 0.6) is 0 Å². The van der Waals surface area contributed by atoms with Gasteiger partial charge in [-0.1, -0.05) is 0 Å². The molecular weight excluding hydrogens is 259 g/mol. The third-order valence-corrected chi connectivity index (χ3v) is 2.22. The second kappa shape index (κ2) is 5.76. The van der Waals surface area contributed by atoms with Gasteiger partial charge in [-0.25, -0.2) is 4.39 Å². The summed E-state index contributed by atoms with van der Waals surface area (Å²) in [6, 6.07) is 1.62. The lowest BCUT2D eigenvalue weighted by atomic mass is 10.1. The highest BCUT2D eigenvalue weighted by Crippen LogP contribution is 2.25. The maximum atomic E-state index is 13.4. The first-order valence-corrected chi connectivity index (χ1v) is 5.09. The zero-order valence-electron chi connectivity index (χ0n) is 9.90. The van der Waals surface area contributed by atoms with E-state index in [1.165, 1.54) is 7.05 Å². The molecule has 1 rings (SSSR count). The molecule has 0 spiro atoms. The van der Waals surface area contributed by atoms with Crippen molar-refractivity contribution in [2.45, 2.75) is 0 Å². The SMILES string of the molecule is CNc1cc(C(=O)NCC(N)=O)c([N+](=O)[O-])cc1F. The molecule has 4 N–H and O–H groups in total. The van der Waals surface area contributed by atoms with Crippen LogP contribution in [0.4, 0.5) is 15.8 Å². The number of nitro benzene ring substituents is 1. The van der Waals surface area contributed by atoms with Gasteiger partial charge in [-0.15, -0.1) is 0 Å². The van der Waals surface area contributed by atoms with Crippen molar-refractivity contribution < 1.29 is 18.9 Å². The second-order valence-corrected chi connectivity index (χ2v) is 3.51. The molecule has 2 amide bonds. The number of rotatable bonds is 5. The van der Waals surface area contributed by atoms with E-state index in [-0.39, 0.29) is 11.3 Å². The van der Waals surface area contributed by atoms with Crippen LogP contribution in [-0.4, -0.2) is 30.3 Å². The predicted molar refractivity (Wildman–Crippen MR) is 64.1 cm³/mol. The molecule has 102 valence electrons. The Hall–Kier alpha value is -2.71. The maximum Gasteiger partial charge on any atom is 0.285 e. The van der Waals surface area contributed by atoms with Gasteiger partial charge >= 0.3 is 0 Å². The Kier molecular flexibility index (Phi) is 4.35. The van der Waals surface area contributed by atoms with Gasteiger partial charge in [0.05, 0.1) is 23.2 Å². The first-order valence-electron chi connectivity index (χ1n) is 5.09. The molecular formula is C10H11FN4O4. The van der Waals surface area contributed by atoms with Crippen molar-refractivity contribution in [2.75, 3.05) is 18.9 Å². The van der Waals surface area contributed by atoms with Crippen LogP contribution in [0.1, 0.15) is 10.4 Å². The number of carbonyl (C=O) groups is 2. The van der Waals surface area contributed by atoms with Crippen LogP contribution >= 0.6 is 0 Å². The molecule has 1 aromatic carbocycles. The maximum absolute atomic E-state index is 13.4. The van der Waals surface area contributed by atoms with E-state index < -0.39 is 34.8 Å². The lowest BCUT2D eigenvalue weighted by molar-refractivity contribution is -0.385. The molecule has 8 nitrogen and oxygen atoms in total. The molecule has 0 unspecified atom stereocenters. The molecule has 0 fully saturated rings. The lowest BCUT2D eigenvalue weighted by Crippen LogP contribution is -2.33. The summed E-state index contributed by atoms with van der Waals surface area (Å²) in [5.41, 5.74) is 3.70. The second-order valence-electron chi connectivity index (χ2n) is 3.51. The molecule has 0 atom stereocenters. The number of nitrogens with zero attached hydrogens (tertiary/aromatic N) is 1. The topological polar surface area (TPSA) is 127 Å². The zero-order valence-corrected chi connectivity index (χ0v) is 9.90. The van der Waals surface area contributed by atoms with Gasteiger partial charge in [0.2, 0.25) is 5.91 Å². The number of hydrogen-bond acceptors (Lipinski definition) is 5. The standard InChI is InChI=1S/C10H11FN4O4/c1-13-7-2-5(10(17)14-4-9(12)16)8(15(18)19)3-6(7)11/h2-3,13H,4H2,1H3,(H2,12,16)(H,14,17). The summed E-state index contributed by atoms with van der Waals surface area (Å²) < 4.78 is 13.4. The van der Waals surface area contributed by atoms with Gasteiger partial charge in [0.15, 0.2) is 5.82 Å². The van der Waals surface area contributed by atoms with Crippen molar-refractivity contribution in [1.29, 1.82) is 0 Å². The monoisotopic (exact) mass is 270 g/mol.